The first-order chi connectivity index (χ1) is 8.24. The van der Waals surface area contributed by atoms with Crippen molar-refractivity contribution in [2.45, 2.75) is 6.54 Å². The fourth-order valence-corrected chi connectivity index (χ4v) is 1.79. The number of rotatable bonds is 8. The van der Waals surface area contributed by atoms with E-state index in [1.54, 1.807) is 19.2 Å². The summed E-state index contributed by atoms with van der Waals surface area (Å²) in [5.74, 6) is -0.173. The van der Waals surface area contributed by atoms with Gasteiger partial charge in [-0.2, -0.15) is 0 Å². The summed E-state index contributed by atoms with van der Waals surface area (Å²) in [6, 6.07) is 4.96. The monoisotopic (exact) mass is 304 g/mol. The van der Waals surface area contributed by atoms with Gasteiger partial charge in [0.1, 0.15) is 5.82 Å². The maximum absolute atomic E-state index is 13.4. The molecule has 0 aliphatic carbocycles. The predicted octanol–water partition coefficient (Wildman–Crippen LogP) is 1.91. The van der Waals surface area contributed by atoms with Crippen molar-refractivity contribution in [3.8, 4) is 0 Å². The average molecular weight is 305 g/mol. The Hall–Kier alpha value is -0.490. The molecule has 0 saturated carbocycles. The van der Waals surface area contributed by atoms with Crippen molar-refractivity contribution in [2.24, 2.45) is 0 Å². The Morgan fingerprint density at radius 1 is 1.24 bits per heavy atom. The zero-order chi connectivity index (χ0) is 12.5. The first-order valence-corrected chi connectivity index (χ1v) is 6.37. The van der Waals surface area contributed by atoms with Crippen LogP contribution in [0.3, 0.4) is 0 Å². The Bertz CT molecular complexity index is 336. The lowest BCUT2D eigenvalue weighted by atomic mass is 10.2. The first kappa shape index (κ1) is 14.6. The second kappa shape index (κ2) is 8.58. The van der Waals surface area contributed by atoms with E-state index in [4.69, 9.17) is 4.74 Å². The lowest BCUT2D eigenvalue weighted by Gasteiger charge is -2.07. The zero-order valence-electron chi connectivity index (χ0n) is 9.93. The Morgan fingerprint density at radius 3 is 2.76 bits per heavy atom. The van der Waals surface area contributed by atoms with E-state index in [0.717, 1.165) is 24.1 Å². The van der Waals surface area contributed by atoms with E-state index in [0.29, 0.717) is 18.7 Å². The van der Waals surface area contributed by atoms with Crippen LogP contribution < -0.4 is 10.6 Å². The second-order valence-electron chi connectivity index (χ2n) is 3.66. The highest BCUT2D eigenvalue weighted by Gasteiger charge is 2.01. The van der Waals surface area contributed by atoms with E-state index in [1.165, 1.54) is 6.07 Å². The molecule has 0 atom stereocenters. The van der Waals surface area contributed by atoms with Gasteiger partial charge in [0.25, 0.3) is 0 Å². The number of benzene rings is 1. The van der Waals surface area contributed by atoms with Gasteiger partial charge < -0.3 is 15.4 Å². The summed E-state index contributed by atoms with van der Waals surface area (Å²) in [6.45, 7) is 3.73. The molecule has 96 valence electrons. The number of halogens is 2. The van der Waals surface area contributed by atoms with Gasteiger partial charge >= 0.3 is 0 Å². The molecule has 5 heteroatoms. The number of nitrogens with one attached hydrogen (secondary N) is 2. The molecule has 3 nitrogen and oxygen atoms in total. The third kappa shape index (κ3) is 6.12. The molecule has 0 spiro atoms. The van der Waals surface area contributed by atoms with Crippen molar-refractivity contribution >= 4 is 15.9 Å². The number of hydrogen-bond acceptors (Lipinski definition) is 3. The van der Waals surface area contributed by atoms with Crippen molar-refractivity contribution in [1.82, 2.24) is 10.6 Å². The fourth-order valence-electron chi connectivity index (χ4n) is 1.38. The van der Waals surface area contributed by atoms with E-state index in [-0.39, 0.29) is 5.82 Å². The van der Waals surface area contributed by atoms with Gasteiger partial charge in [-0.15, -0.1) is 0 Å². The summed E-state index contributed by atoms with van der Waals surface area (Å²) in [7, 11) is 1.68. The van der Waals surface area contributed by atoms with Crippen LogP contribution in [0, 0.1) is 5.82 Å². The summed E-state index contributed by atoms with van der Waals surface area (Å²) >= 11 is 3.33. The summed E-state index contributed by atoms with van der Waals surface area (Å²) in [5.41, 5.74) is 0.677. The normalized spacial score (nSPS) is 10.8. The molecule has 0 radical (unpaired) electrons. The molecule has 0 aliphatic heterocycles. The van der Waals surface area contributed by atoms with Gasteiger partial charge in [-0.25, -0.2) is 4.39 Å². The predicted molar refractivity (Wildman–Crippen MR) is 70.6 cm³/mol. The molecule has 0 aliphatic rings. The highest BCUT2D eigenvalue weighted by Crippen LogP contribution is 2.15. The highest BCUT2D eigenvalue weighted by molar-refractivity contribution is 9.10. The topological polar surface area (TPSA) is 33.3 Å². The van der Waals surface area contributed by atoms with Gasteiger partial charge in [-0.3, -0.25) is 0 Å². The van der Waals surface area contributed by atoms with Gasteiger partial charge in [0.2, 0.25) is 0 Å². The van der Waals surface area contributed by atoms with Crippen LogP contribution in [-0.4, -0.2) is 33.4 Å². The van der Waals surface area contributed by atoms with Crippen molar-refractivity contribution in [2.75, 3.05) is 33.4 Å². The molecule has 0 saturated heterocycles. The Morgan fingerprint density at radius 2 is 2.00 bits per heavy atom. The largest absolute Gasteiger partial charge is 0.383 e. The van der Waals surface area contributed by atoms with Gasteiger partial charge in [0.15, 0.2) is 0 Å². The molecule has 0 amide bonds. The molecular weight excluding hydrogens is 287 g/mol. The minimum atomic E-state index is -0.173. The van der Waals surface area contributed by atoms with E-state index < -0.39 is 0 Å². The molecule has 0 heterocycles. The zero-order valence-corrected chi connectivity index (χ0v) is 11.5. The van der Waals surface area contributed by atoms with Crippen molar-refractivity contribution in [3.05, 3.63) is 34.1 Å². The summed E-state index contributed by atoms with van der Waals surface area (Å²) < 4.78 is 19.2. The third-order valence-corrected chi connectivity index (χ3v) is 2.78. The Kier molecular flexibility index (Phi) is 7.35. The van der Waals surface area contributed by atoms with Crippen LogP contribution in [0.4, 0.5) is 4.39 Å². The van der Waals surface area contributed by atoms with Crippen molar-refractivity contribution in [1.29, 1.82) is 0 Å². The van der Waals surface area contributed by atoms with Crippen molar-refractivity contribution < 1.29 is 9.13 Å². The van der Waals surface area contributed by atoms with E-state index >= 15 is 0 Å². The smallest absolute Gasteiger partial charge is 0.127 e. The molecule has 1 aromatic rings. The van der Waals surface area contributed by atoms with Crippen LogP contribution >= 0.6 is 15.9 Å². The highest BCUT2D eigenvalue weighted by atomic mass is 79.9. The van der Waals surface area contributed by atoms with E-state index in [9.17, 15) is 4.39 Å². The molecule has 1 aromatic carbocycles. The first-order valence-electron chi connectivity index (χ1n) is 5.58. The molecule has 0 aromatic heterocycles. The van der Waals surface area contributed by atoms with Gasteiger partial charge in [0.05, 0.1) is 6.61 Å². The molecule has 1 rings (SSSR count). The van der Waals surface area contributed by atoms with Crippen LogP contribution in [0.2, 0.25) is 0 Å². The quantitative estimate of drug-likeness (QED) is 0.720. The van der Waals surface area contributed by atoms with Crippen LogP contribution in [0.15, 0.2) is 22.7 Å². The average Bonchev–Trinajstić information content (AvgIpc) is 2.32. The number of methoxy groups -OCH3 is 1. The summed E-state index contributed by atoms with van der Waals surface area (Å²) in [6.07, 6.45) is 0. The van der Waals surface area contributed by atoms with Gasteiger partial charge in [-0.05, 0) is 18.2 Å². The number of ether oxygens (including phenoxy) is 1. The number of hydrogen-bond donors (Lipinski definition) is 2. The van der Waals surface area contributed by atoms with E-state index in [1.807, 2.05) is 0 Å². The van der Waals surface area contributed by atoms with Crippen molar-refractivity contribution in [3.63, 3.8) is 0 Å². The van der Waals surface area contributed by atoms with Crippen LogP contribution in [0.1, 0.15) is 5.56 Å². The maximum Gasteiger partial charge on any atom is 0.127 e. The summed E-state index contributed by atoms with van der Waals surface area (Å²) in [4.78, 5) is 0. The minimum Gasteiger partial charge on any atom is -0.383 e. The third-order valence-electron chi connectivity index (χ3n) is 2.28. The maximum atomic E-state index is 13.4. The van der Waals surface area contributed by atoms with Crippen LogP contribution in [-0.2, 0) is 11.3 Å². The van der Waals surface area contributed by atoms with Gasteiger partial charge in [0, 0.05) is 43.3 Å². The molecule has 17 heavy (non-hydrogen) atoms. The Balaban J connectivity index is 2.15. The standard InChI is InChI=1S/C12H18BrFN2O/c1-17-7-6-15-4-5-16-9-10-8-11(13)2-3-12(10)14/h2-3,8,15-16H,4-7,9H2,1H3. The lowest BCUT2D eigenvalue weighted by molar-refractivity contribution is 0.199. The second-order valence-corrected chi connectivity index (χ2v) is 4.57. The minimum absolute atomic E-state index is 0.173. The van der Waals surface area contributed by atoms with E-state index in [2.05, 4.69) is 26.6 Å². The molecule has 0 bridgehead atoms. The SMILES string of the molecule is COCCNCCNCc1cc(Br)ccc1F. The molecular formula is C12H18BrFN2O. The molecule has 0 unspecified atom stereocenters. The Labute approximate surface area is 110 Å². The molecule has 0 fully saturated rings. The van der Waals surface area contributed by atoms with Gasteiger partial charge in [-0.1, -0.05) is 15.9 Å². The summed E-state index contributed by atoms with van der Waals surface area (Å²) in [5, 5.41) is 6.39. The lowest BCUT2D eigenvalue weighted by Crippen LogP contribution is -2.29. The molecule has 2 N–H and O–H groups in total. The van der Waals surface area contributed by atoms with Crippen LogP contribution in [0.25, 0.3) is 0 Å². The fraction of sp³-hybridized carbons (Fsp3) is 0.500. The van der Waals surface area contributed by atoms with Crippen LogP contribution in [0.5, 0.6) is 0 Å².